The smallest absolute Gasteiger partial charge is 0.251 e. The second-order valence-electron chi connectivity index (χ2n) is 5.23. The Bertz CT molecular complexity index is 403. The zero-order valence-corrected chi connectivity index (χ0v) is 12.9. The van der Waals surface area contributed by atoms with Crippen molar-refractivity contribution in [1.82, 2.24) is 10.2 Å². The summed E-state index contributed by atoms with van der Waals surface area (Å²) >= 11 is 0. The van der Waals surface area contributed by atoms with Gasteiger partial charge in [0.05, 0.1) is 0 Å². The van der Waals surface area contributed by atoms with Gasteiger partial charge in [-0.05, 0) is 51.1 Å². The van der Waals surface area contributed by atoms with E-state index in [1.54, 1.807) is 0 Å². The maximum atomic E-state index is 12.0. The molecule has 1 atom stereocenters. The van der Waals surface area contributed by atoms with Crippen molar-refractivity contribution in [2.75, 3.05) is 26.7 Å². The Kier molecular flexibility index (Phi) is 7.26. The molecular weight excluding hydrogens is 250 g/mol. The summed E-state index contributed by atoms with van der Waals surface area (Å²) in [6.45, 7) is 6.53. The number of nitrogens with one attached hydrogen (secondary N) is 1. The number of carbonyl (C=O) groups is 1. The van der Waals surface area contributed by atoms with Gasteiger partial charge in [-0.2, -0.15) is 0 Å². The standard InChI is InChI=1S/C16H27N3O/c1-4-13(2)19(3)12-11-18-16(20)15-7-5-14(6-8-15)9-10-17/h5-8,13H,4,9-12,17H2,1-3H3,(H,18,20). The van der Waals surface area contributed by atoms with Crippen molar-refractivity contribution >= 4 is 5.91 Å². The van der Waals surface area contributed by atoms with E-state index in [1.807, 2.05) is 24.3 Å². The lowest BCUT2D eigenvalue weighted by atomic mass is 10.1. The maximum Gasteiger partial charge on any atom is 0.251 e. The van der Waals surface area contributed by atoms with Gasteiger partial charge in [-0.25, -0.2) is 0 Å². The minimum absolute atomic E-state index is 0.0122. The number of rotatable bonds is 8. The number of likely N-dealkylation sites (N-methyl/N-ethyl adjacent to an activating group) is 1. The number of hydrogen-bond donors (Lipinski definition) is 2. The van der Waals surface area contributed by atoms with Crippen LogP contribution in [0.4, 0.5) is 0 Å². The van der Waals surface area contributed by atoms with Crippen molar-refractivity contribution in [3.05, 3.63) is 35.4 Å². The molecule has 0 aromatic heterocycles. The number of benzene rings is 1. The lowest BCUT2D eigenvalue weighted by molar-refractivity contribution is 0.0947. The average molecular weight is 277 g/mol. The van der Waals surface area contributed by atoms with E-state index in [-0.39, 0.29) is 5.91 Å². The van der Waals surface area contributed by atoms with Crippen LogP contribution in [0, 0.1) is 0 Å². The minimum Gasteiger partial charge on any atom is -0.351 e. The van der Waals surface area contributed by atoms with Crippen LogP contribution in [-0.2, 0) is 6.42 Å². The lowest BCUT2D eigenvalue weighted by Crippen LogP contribution is -2.37. The molecular formula is C16H27N3O. The molecule has 20 heavy (non-hydrogen) atoms. The van der Waals surface area contributed by atoms with E-state index in [1.165, 1.54) is 5.56 Å². The Labute approximate surface area is 122 Å². The Morgan fingerprint density at radius 2 is 2.00 bits per heavy atom. The molecule has 0 aliphatic rings. The van der Waals surface area contributed by atoms with E-state index >= 15 is 0 Å². The van der Waals surface area contributed by atoms with Crippen molar-refractivity contribution in [2.45, 2.75) is 32.7 Å². The van der Waals surface area contributed by atoms with E-state index in [0.29, 0.717) is 24.7 Å². The highest BCUT2D eigenvalue weighted by Gasteiger charge is 2.08. The van der Waals surface area contributed by atoms with Crippen molar-refractivity contribution in [2.24, 2.45) is 5.73 Å². The zero-order chi connectivity index (χ0) is 15.0. The van der Waals surface area contributed by atoms with Crippen LogP contribution in [0.15, 0.2) is 24.3 Å². The SMILES string of the molecule is CCC(C)N(C)CCNC(=O)c1ccc(CCN)cc1. The van der Waals surface area contributed by atoms with Crippen LogP contribution in [0.3, 0.4) is 0 Å². The number of nitrogens with two attached hydrogens (primary N) is 1. The summed E-state index contributed by atoms with van der Waals surface area (Å²) in [7, 11) is 2.09. The molecule has 0 saturated carbocycles. The molecule has 0 bridgehead atoms. The van der Waals surface area contributed by atoms with E-state index < -0.39 is 0 Å². The molecule has 0 heterocycles. The van der Waals surface area contributed by atoms with Gasteiger partial charge in [0.2, 0.25) is 0 Å². The van der Waals surface area contributed by atoms with E-state index in [4.69, 9.17) is 5.73 Å². The van der Waals surface area contributed by atoms with Gasteiger partial charge in [-0.1, -0.05) is 19.1 Å². The van der Waals surface area contributed by atoms with E-state index in [2.05, 4.69) is 31.1 Å². The first-order valence-corrected chi connectivity index (χ1v) is 7.36. The van der Waals surface area contributed by atoms with E-state index in [0.717, 1.165) is 19.4 Å². The normalized spacial score (nSPS) is 12.4. The molecule has 0 spiro atoms. The highest BCUT2D eigenvalue weighted by atomic mass is 16.1. The fraction of sp³-hybridized carbons (Fsp3) is 0.562. The minimum atomic E-state index is -0.0122. The Morgan fingerprint density at radius 3 is 2.55 bits per heavy atom. The van der Waals surface area contributed by atoms with Gasteiger partial charge in [-0.15, -0.1) is 0 Å². The zero-order valence-electron chi connectivity index (χ0n) is 12.9. The van der Waals surface area contributed by atoms with Crippen LogP contribution in [0.1, 0.15) is 36.2 Å². The molecule has 1 unspecified atom stereocenters. The van der Waals surface area contributed by atoms with Gasteiger partial charge in [0, 0.05) is 24.7 Å². The summed E-state index contributed by atoms with van der Waals surface area (Å²) < 4.78 is 0. The third-order valence-corrected chi connectivity index (χ3v) is 3.74. The lowest BCUT2D eigenvalue weighted by Gasteiger charge is -2.23. The fourth-order valence-electron chi connectivity index (χ4n) is 1.97. The topological polar surface area (TPSA) is 58.4 Å². The molecule has 112 valence electrons. The number of hydrogen-bond acceptors (Lipinski definition) is 3. The van der Waals surface area contributed by atoms with Gasteiger partial charge < -0.3 is 16.0 Å². The van der Waals surface area contributed by atoms with Gasteiger partial charge >= 0.3 is 0 Å². The molecule has 1 rings (SSSR count). The Balaban J connectivity index is 2.39. The van der Waals surface area contributed by atoms with E-state index in [9.17, 15) is 4.79 Å². The molecule has 1 aromatic rings. The summed E-state index contributed by atoms with van der Waals surface area (Å²) in [5.41, 5.74) is 7.38. The summed E-state index contributed by atoms with van der Waals surface area (Å²) in [6.07, 6.45) is 1.97. The largest absolute Gasteiger partial charge is 0.351 e. The Morgan fingerprint density at radius 1 is 1.35 bits per heavy atom. The third-order valence-electron chi connectivity index (χ3n) is 3.74. The number of nitrogens with zero attached hydrogens (tertiary/aromatic N) is 1. The van der Waals surface area contributed by atoms with Crippen molar-refractivity contribution < 1.29 is 4.79 Å². The van der Waals surface area contributed by atoms with Crippen LogP contribution in [0.2, 0.25) is 0 Å². The van der Waals surface area contributed by atoms with Crippen LogP contribution >= 0.6 is 0 Å². The highest BCUT2D eigenvalue weighted by molar-refractivity contribution is 5.94. The predicted octanol–water partition coefficient (Wildman–Crippen LogP) is 1.65. The van der Waals surface area contributed by atoms with Crippen LogP contribution in [-0.4, -0.2) is 43.5 Å². The first kappa shape index (κ1) is 16.7. The highest BCUT2D eigenvalue weighted by Crippen LogP contribution is 2.05. The Hall–Kier alpha value is -1.39. The number of amides is 1. The number of carbonyl (C=O) groups excluding carboxylic acids is 1. The summed E-state index contributed by atoms with van der Waals surface area (Å²) in [5.74, 6) is -0.0122. The molecule has 0 aliphatic carbocycles. The van der Waals surface area contributed by atoms with Gasteiger partial charge in [0.25, 0.3) is 5.91 Å². The molecule has 1 amide bonds. The quantitative estimate of drug-likeness (QED) is 0.759. The maximum absolute atomic E-state index is 12.0. The van der Waals surface area contributed by atoms with Crippen LogP contribution in [0.5, 0.6) is 0 Å². The van der Waals surface area contributed by atoms with Crippen molar-refractivity contribution in [3.63, 3.8) is 0 Å². The molecule has 0 fully saturated rings. The summed E-state index contributed by atoms with van der Waals surface area (Å²) in [4.78, 5) is 14.2. The second kappa shape index (κ2) is 8.72. The molecule has 0 saturated heterocycles. The molecule has 1 aromatic carbocycles. The third kappa shape index (κ3) is 5.31. The van der Waals surface area contributed by atoms with Gasteiger partial charge in [0.1, 0.15) is 0 Å². The van der Waals surface area contributed by atoms with Gasteiger partial charge in [-0.3, -0.25) is 4.79 Å². The second-order valence-corrected chi connectivity index (χ2v) is 5.23. The average Bonchev–Trinajstić information content (AvgIpc) is 2.47. The molecule has 4 heteroatoms. The van der Waals surface area contributed by atoms with Gasteiger partial charge in [0.15, 0.2) is 0 Å². The molecule has 4 nitrogen and oxygen atoms in total. The van der Waals surface area contributed by atoms with Crippen LogP contribution in [0.25, 0.3) is 0 Å². The molecule has 0 aliphatic heterocycles. The molecule has 3 N–H and O–H groups in total. The monoisotopic (exact) mass is 277 g/mol. The first-order valence-electron chi connectivity index (χ1n) is 7.36. The van der Waals surface area contributed by atoms with Crippen molar-refractivity contribution in [1.29, 1.82) is 0 Å². The fourth-order valence-corrected chi connectivity index (χ4v) is 1.97. The summed E-state index contributed by atoms with van der Waals surface area (Å²) in [5, 5.41) is 2.95. The first-order chi connectivity index (χ1) is 9.58. The molecule has 0 radical (unpaired) electrons. The van der Waals surface area contributed by atoms with Crippen LogP contribution < -0.4 is 11.1 Å². The predicted molar refractivity (Wildman–Crippen MR) is 83.9 cm³/mol. The van der Waals surface area contributed by atoms with Crippen molar-refractivity contribution in [3.8, 4) is 0 Å². The summed E-state index contributed by atoms with van der Waals surface area (Å²) in [6, 6.07) is 8.19.